The number of anilines is 2. The van der Waals surface area contributed by atoms with Crippen molar-refractivity contribution in [2.75, 3.05) is 11.9 Å². The fourth-order valence-corrected chi connectivity index (χ4v) is 1.84. The van der Waals surface area contributed by atoms with Crippen LogP contribution in [-0.4, -0.2) is 12.6 Å². The normalized spacial score (nSPS) is 10.0. The molecule has 0 saturated heterocycles. The highest BCUT2D eigenvalue weighted by atomic mass is 35.5. The second kappa shape index (κ2) is 6.25. The Morgan fingerprint density at radius 3 is 2.74 bits per heavy atom. The molecule has 0 fully saturated rings. The number of hydrogen-bond acceptors (Lipinski definition) is 3. The SMILES string of the molecule is CCOC(=O)c1cccc(Nc2ccccc2Cl)c1. The topological polar surface area (TPSA) is 38.3 Å². The smallest absolute Gasteiger partial charge is 0.338 e. The lowest BCUT2D eigenvalue weighted by Crippen LogP contribution is -2.04. The van der Waals surface area contributed by atoms with Crippen LogP contribution >= 0.6 is 11.6 Å². The quantitative estimate of drug-likeness (QED) is 0.847. The monoisotopic (exact) mass is 275 g/mol. The Hall–Kier alpha value is -2.00. The van der Waals surface area contributed by atoms with Crippen molar-refractivity contribution in [2.45, 2.75) is 6.92 Å². The summed E-state index contributed by atoms with van der Waals surface area (Å²) in [4.78, 5) is 11.6. The van der Waals surface area contributed by atoms with E-state index in [1.165, 1.54) is 0 Å². The van der Waals surface area contributed by atoms with Crippen LogP contribution < -0.4 is 5.32 Å². The fraction of sp³-hybridized carbons (Fsp3) is 0.133. The maximum atomic E-state index is 11.6. The Bertz CT molecular complexity index is 584. The molecule has 0 heterocycles. The van der Waals surface area contributed by atoms with Crippen molar-refractivity contribution in [3.05, 3.63) is 59.1 Å². The molecule has 0 aliphatic heterocycles. The van der Waals surface area contributed by atoms with Crippen LogP contribution in [0.25, 0.3) is 0 Å². The van der Waals surface area contributed by atoms with Gasteiger partial charge in [0, 0.05) is 5.69 Å². The molecule has 1 N–H and O–H groups in total. The highest BCUT2D eigenvalue weighted by Crippen LogP contribution is 2.25. The van der Waals surface area contributed by atoms with Crippen LogP contribution in [0.5, 0.6) is 0 Å². The lowest BCUT2D eigenvalue weighted by atomic mass is 10.2. The average Bonchev–Trinajstić information content (AvgIpc) is 2.42. The molecule has 0 radical (unpaired) electrons. The second-order valence-corrected chi connectivity index (χ2v) is 4.31. The van der Waals surface area contributed by atoms with Gasteiger partial charge in [-0.3, -0.25) is 0 Å². The number of para-hydroxylation sites is 1. The van der Waals surface area contributed by atoms with E-state index >= 15 is 0 Å². The van der Waals surface area contributed by atoms with E-state index in [-0.39, 0.29) is 5.97 Å². The van der Waals surface area contributed by atoms with Crippen LogP contribution in [-0.2, 0) is 4.74 Å². The molecule has 2 aromatic rings. The Balaban J connectivity index is 2.20. The summed E-state index contributed by atoms with van der Waals surface area (Å²) < 4.78 is 4.96. The molecule has 2 rings (SSSR count). The summed E-state index contributed by atoms with van der Waals surface area (Å²) in [5.74, 6) is -0.328. The summed E-state index contributed by atoms with van der Waals surface area (Å²) >= 11 is 6.07. The molecule has 0 amide bonds. The minimum Gasteiger partial charge on any atom is -0.462 e. The average molecular weight is 276 g/mol. The highest BCUT2D eigenvalue weighted by molar-refractivity contribution is 6.33. The van der Waals surface area contributed by atoms with E-state index in [9.17, 15) is 4.79 Å². The third kappa shape index (κ3) is 3.48. The van der Waals surface area contributed by atoms with E-state index in [2.05, 4.69) is 5.32 Å². The number of carbonyl (C=O) groups is 1. The second-order valence-electron chi connectivity index (χ2n) is 3.91. The Labute approximate surface area is 117 Å². The van der Waals surface area contributed by atoms with Crippen LogP contribution in [0.15, 0.2) is 48.5 Å². The summed E-state index contributed by atoms with van der Waals surface area (Å²) in [6, 6.07) is 14.6. The largest absolute Gasteiger partial charge is 0.462 e. The van der Waals surface area contributed by atoms with Crippen LogP contribution in [0.3, 0.4) is 0 Å². The first-order valence-electron chi connectivity index (χ1n) is 5.99. The van der Waals surface area contributed by atoms with E-state index in [4.69, 9.17) is 16.3 Å². The molecule has 19 heavy (non-hydrogen) atoms. The standard InChI is InChI=1S/C15H14ClNO2/c1-2-19-15(18)11-6-5-7-12(10-11)17-14-9-4-3-8-13(14)16/h3-10,17H,2H2,1H3. The molecule has 0 atom stereocenters. The molecule has 2 aromatic carbocycles. The van der Waals surface area contributed by atoms with E-state index in [0.29, 0.717) is 17.2 Å². The third-order valence-corrected chi connectivity index (χ3v) is 2.86. The van der Waals surface area contributed by atoms with Gasteiger partial charge in [-0.05, 0) is 37.3 Å². The van der Waals surface area contributed by atoms with Gasteiger partial charge < -0.3 is 10.1 Å². The third-order valence-electron chi connectivity index (χ3n) is 2.53. The fourth-order valence-electron chi connectivity index (χ4n) is 1.66. The van der Waals surface area contributed by atoms with Crippen molar-refractivity contribution in [1.82, 2.24) is 0 Å². The van der Waals surface area contributed by atoms with Crippen molar-refractivity contribution in [2.24, 2.45) is 0 Å². The summed E-state index contributed by atoms with van der Waals surface area (Å²) in [6.45, 7) is 2.14. The van der Waals surface area contributed by atoms with Gasteiger partial charge in [0.05, 0.1) is 22.9 Å². The van der Waals surface area contributed by atoms with Gasteiger partial charge in [-0.1, -0.05) is 29.8 Å². The predicted octanol–water partition coefficient (Wildman–Crippen LogP) is 4.26. The van der Waals surface area contributed by atoms with E-state index in [1.54, 1.807) is 31.2 Å². The Kier molecular flexibility index (Phi) is 4.42. The molecular weight excluding hydrogens is 262 g/mol. The van der Waals surface area contributed by atoms with Crippen molar-refractivity contribution in [3.8, 4) is 0 Å². The number of nitrogens with one attached hydrogen (secondary N) is 1. The molecule has 3 nitrogen and oxygen atoms in total. The summed E-state index contributed by atoms with van der Waals surface area (Å²) in [5, 5.41) is 3.80. The van der Waals surface area contributed by atoms with Gasteiger partial charge in [0.25, 0.3) is 0 Å². The molecule has 0 aliphatic rings. The Morgan fingerprint density at radius 1 is 1.21 bits per heavy atom. The lowest BCUT2D eigenvalue weighted by Gasteiger charge is -2.09. The van der Waals surface area contributed by atoms with Gasteiger partial charge in [-0.2, -0.15) is 0 Å². The van der Waals surface area contributed by atoms with E-state index < -0.39 is 0 Å². The van der Waals surface area contributed by atoms with Gasteiger partial charge in [0.1, 0.15) is 0 Å². The maximum Gasteiger partial charge on any atom is 0.338 e. The first-order chi connectivity index (χ1) is 9.20. The zero-order chi connectivity index (χ0) is 13.7. The molecular formula is C15H14ClNO2. The zero-order valence-electron chi connectivity index (χ0n) is 10.5. The number of esters is 1. The lowest BCUT2D eigenvalue weighted by molar-refractivity contribution is 0.0526. The van der Waals surface area contributed by atoms with Crippen molar-refractivity contribution in [1.29, 1.82) is 0 Å². The molecule has 0 unspecified atom stereocenters. The Morgan fingerprint density at radius 2 is 2.00 bits per heavy atom. The number of carbonyl (C=O) groups excluding carboxylic acids is 1. The zero-order valence-corrected chi connectivity index (χ0v) is 11.3. The molecule has 4 heteroatoms. The van der Waals surface area contributed by atoms with Gasteiger partial charge in [0.2, 0.25) is 0 Å². The van der Waals surface area contributed by atoms with E-state index in [1.807, 2.05) is 24.3 Å². The maximum absolute atomic E-state index is 11.6. The first kappa shape index (κ1) is 13.4. The van der Waals surface area contributed by atoms with Gasteiger partial charge in [0.15, 0.2) is 0 Å². The molecule has 98 valence electrons. The number of halogens is 1. The van der Waals surface area contributed by atoms with Crippen LogP contribution in [0.2, 0.25) is 5.02 Å². The minimum absolute atomic E-state index is 0.328. The van der Waals surface area contributed by atoms with E-state index in [0.717, 1.165) is 11.4 Å². The summed E-state index contributed by atoms with van der Waals surface area (Å²) in [6.07, 6.45) is 0. The molecule has 0 aromatic heterocycles. The van der Waals surface area contributed by atoms with Gasteiger partial charge >= 0.3 is 5.97 Å². The van der Waals surface area contributed by atoms with Crippen molar-refractivity contribution >= 4 is 28.9 Å². The first-order valence-corrected chi connectivity index (χ1v) is 6.37. The van der Waals surface area contributed by atoms with Gasteiger partial charge in [-0.25, -0.2) is 4.79 Å². The number of benzene rings is 2. The highest BCUT2D eigenvalue weighted by Gasteiger charge is 2.07. The van der Waals surface area contributed by atoms with Crippen molar-refractivity contribution in [3.63, 3.8) is 0 Å². The number of rotatable bonds is 4. The van der Waals surface area contributed by atoms with Crippen LogP contribution in [0.4, 0.5) is 11.4 Å². The molecule has 0 saturated carbocycles. The molecule has 0 bridgehead atoms. The number of ether oxygens (including phenoxy) is 1. The van der Waals surface area contributed by atoms with Crippen LogP contribution in [0, 0.1) is 0 Å². The van der Waals surface area contributed by atoms with Crippen LogP contribution in [0.1, 0.15) is 17.3 Å². The van der Waals surface area contributed by atoms with Gasteiger partial charge in [-0.15, -0.1) is 0 Å². The number of hydrogen-bond donors (Lipinski definition) is 1. The van der Waals surface area contributed by atoms with Crippen molar-refractivity contribution < 1.29 is 9.53 Å². The summed E-state index contributed by atoms with van der Waals surface area (Å²) in [7, 11) is 0. The molecule has 0 aliphatic carbocycles. The molecule has 0 spiro atoms. The summed E-state index contributed by atoms with van der Waals surface area (Å²) in [5.41, 5.74) is 2.10. The predicted molar refractivity (Wildman–Crippen MR) is 77.1 cm³/mol. The minimum atomic E-state index is -0.328.